The number of esters is 1. The highest BCUT2D eigenvalue weighted by Gasteiger charge is 2.27. The van der Waals surface area contributed by atoms with Crippen molar-refractivity contribution in [2.45, 2.75) is 51.9 Å². The normalized spacial score (nSPS) is 12.0. The highest BCUT2D eigenvalue weighted by atomic mass is 16.6. The quantitative estimate of drug-likeness (QED) is 0.573. The van der Waals surface area contributed by atoms with E-state index in [-0.39, 0.29) is 13.0 Å². The van der Waals surface area contributed by atoms with Crippen LogP contribution in [0.2, 0.25) is 0 Å². The lowest BCUT2D eigenvalue weighted by Gasteiger charge is -2.22. The molecule has 0 aliphatic rings. The summed E-state index contributed by atoms with van der Waals surface area (Å²) in [4.78, 5) is 45.8. The molecule has 0 aromatic heterocycles. The Labute approximate surface area is 156 Å². The molecule has 0 aliphatic carbocycles. The molecule has 0 radical (unpaired) electrons. The number of carboxylic acids is 1. The number of amides is 2. The summed E-state index contributed by atoms with van der Waals surface area (Å²) >= 11 is 0. The molecular weight excluding hydrogens is 356 g/mol. The molecule has 0 saturated heterocycles. The largest absolute Gasteiger partial charge is 0.481 e. The molecule has 1 aromatic carbocycles. The first-order valence-corrected chi connectivity index (χ1v) is 8.20. The van der Waals surface area contributed by atoms with E-state index in [1.54, 1.807) is 45.0 Å². The summed E-state index contributed by atoms with van der Waals surface area (Å²) in [6.07, 6.45) is -1.42. The van der Waals surface area contributed by atoms with E-state index >= 15 is 0 Å². The average molecular weight is 380 g/mol. The molecule has 9 heteroatoms. The zero-order valence-electron chi connectivity index (χ0n) is 15.5. The third kappa shape index (κ3) is 9.24. The number of aliphatic carboxylic acids is 1. The number of hydrogen-bond acceptors (Lipinski definition) is 6. The van der Waals surface area contributed by atoms with Crippen LogP contribution in [0, 0.1) is 0 Å². The summed E-state index contributed by atoms with van der Waals surface area (Å²) in [6, 6.07) is 5.18. The summed E-state index contributed by atoms with van der Waals surface area (Å²) in [5.41, 5.74) is 5.56. The van der Waals surface area contributed by atoms with Gasteiger partial charge >= 0.3 is 18.0 Å². The van der Waals surface area contributed by atoms with E-state index in [9.17, 15) is 19.2 Å². The minimum absolute atomic E-state index is 0.111. The zero-order chi connectivity index (χ0) is 20.6. The van der Waals surface area contributed by atoms with Gasteiger partial charge in [-0.05, 0) is 31.9 Å². The van der Waals surface area contributed by atoms with Crippen LogP contribution < -0.4 is 11.1 Å². The fourth-order valence-electron chi connectivity index (χ4n) is 2.03. The highest BCUT2D eigenvalue weighted by molar-refractivity contribution is 5.87. The van der Waals surface area contributed by atoms with Gasteiger partial charge in [-0.2, -0.15) is 0 Å². The van der Waals surface area contributed by atoms with E-state index in [2.05, 4.69) is 5.32 Å². The van der Waals surface area contributed by atoms with Gasteiger partial charge in [-0.15, -0.1) is 0 Å². The number of ether oxygens (including phenoxy) is 2. The molecular formula is C18H24N2O7. The number of nitrogens with one attached hydrogen (secondary N) is 1. The molecule has 0 spiro atoms. The smallest absolute Gasteiger partial charge is 0.408 e. The van der Waals surface area contributed by atoms with Crippen molar-refractivity contribution in [1.82, 2.24) is 5.32 Å². The molecule has 4 N–H and O–H groups in total. The van der Waals surface area contributed by atoms with Crippen molar-refractivity contribution in [3.8, 4) is 0 Å². The van der Waals surface area contributed by atoms with Crippen molar-refractivity contribution in [2.24, 2.45) is 5.73 Å². The van der Waals surface area contributed by atoms with E-state index in [4.69, 9.17) is 20.3 Å². The van der Waals surface area contributed by atoms with Crippen LogP contribution in [0.3, 0.4) is 0 Å². The number of carbonyl (C=O) groups excluding carboxylic acids is 3. The maximum atomic E-state index is 12.2. The molecule has 2 amide bonds. The summed E-state index contributed by atoms with van der Waals surface area (Å²) in [6.45, 7) is 4.85. The number of hydrogen-bond donors (Lipinski definition) is 3. The number of benzene rings is 1. The molecule has 148 valence electrons. The van der Waals surface area contributed by atoms with Crippen LogP contribution in [-0.4, -0.2) is 40.7 Å². The summed E-state index contributed by atoms with van der Waals surface area (Å²) in [5.74, 6) is -2.57. The second-order valence-corrected chi connectivity index (χ2v) is 6.86. The average Bonchev–Trinajstić information content (AvgIpc) is 2.50. The Balaban J connectivity index is 2.66. The number of carboxylic acid groups (broad SMARTS) is 1. The maximum absolute atomic E-state index is 12.2. The molecule has 9 nitrogen and oxygen atoms in total. The summed E-state index contributed by atoms with van der Waals surface area (Å²) < 4.78 is 10.2. The SMILES string of the molecule is CC(C)(C)OC(=O)N[C@@H](CC(N)=O)C(=O)OCc1ccc(CC(=O)O)cc1. The number of nitrogens with two attached hydrogens (primary N) is 1. The first kappa shape index (κ1) is 21.9. The van der Waals surface area contributed by atoms with Gasteiger partial charge in [0.05, 0.1) is 12.8 Å². The van der Waals surface area contributed by atoms with Gasteiger partial charge in [0.2, 0.25) is 5.91 Å². The molecule has 1 atom stereocenters. The third-order valence-electron chi connectivity index (χ3n) is 3.14. The van der Waals surface area contributed by atoms with Gasteiger partial charge in [0.25, 0.3) is 0 Å². The molecule has 1 aromatic rings. The van der Waals surface area contributed by atoms with Crippen LogP contribution in [0.1, 0.15) is 38.3 Å². The minimum Gasteiger partial charge on any atom is -0.481 e. The molecule has 0 saturated carbocycles. The van der Waals surface area contributed by atoms with Gasteiger partial charge < -0.3 is 25.6 Å². The van der Waals surface area contributed by atoms with Gasteiger partial charge in [0.15, 0.2) is 0 Å². The van der Waals surface area contributed by atoms with E-state index < -0.39 is 42.0 Å². The van der Waals surface area contributed by atoms with Crippen molar-refractivity contribution < 1.29 is 33.8 Å². The van der Waals surface area contributed by atoms with Crippen molar-refractivity contribution in [1.29, 1.82) is 0 Å². The van der Waals surface area contributed by atoms with E-state index in [1.807, 2.05) is 0 Å². The fraction of sp³-hybridized carbons (Fsp3) is 0.444. The summed E-state index contributed by atoms with van der Waals surface area (Å²) in [7, 11) is 0. The minimum atomic E-state index is -1.27. The molecule has 0 bridgehead atoms. The van der Waals surface area contributed by atoms with Crippen LogP contribution >= 0.6 is 0 Å². The predicted octanol–water partition coefficient (Wildman–Crippen LogP) is 1.13. The Bertz CT molecular complexity index is 693. The molecule has 0 heterocycles. The first-order chi connectivity index (χ1) is 12.5. The van der Waals surface area contributed by atoms with Crippen molar-refractivity contribution in [2.75, 3.05) is 0 Å². The van der Waals surface area contributed by atoms with Crippen LogP contribution in [0.25, 0.3) is 0 Å². The van der Waals surface area contributed by atoms with Crippen LogP contribution in [-0.2, 0) is 36.9 Å². The molecule has 0 aliphatic heterocycles. The van der Waals surface area contributed by atoms with Gasteiger partial charge in [0, 0.05) is 0 Å². The van der Waals surface area contributed by atoms with E-state index in [0.29, 0.717) is 11.1 Å². The number of rotatable bonds is 8. The number of primary amides is 1. The lowest BCUT2D eigenvalue weighted by Crippen LogP contribution is -2.46. The van der Waals surface area contributed by atoms with Gasteiger partial charge in [-0.1, -0.05) is 24.3 Å². The predicted molar refractivity (Wildman–Crippen MR) is 94.5 cm³/mol. The fourth-order valence-corrected chi connectivity index (χ4v) is 2.03. The zero-order valence-corrected chi connectivity index (χ0v) is 15.5. The highest BCUT2D eigenvalue weighted by Crippen LogP contribution is 2.10. The van der Waals surface area contributed by atoms with Crippen molar-refractivity contribution in [3.63, 3.8) is 0 Å². The second kappa shape index (κ2) is 9.56. The maximum Gasteiger partial charge on any atom is 0.408 e. The summed E-state index contributed by atoms with van der Waals surface area (Å²) in [5, 5.41) is 11.0. The van der Waals surface area contributed by atoms with Crippen LogP contribution in [0.4, 0.5) is 4.79 Å². The third-order valence-corrected chi connectivity index (χ3v) is 3.14. The van der Waals surface area contributed by atoms with Crippen molar-refractivity contribution >= 4 is 23.9 Å². The Morgan fingerprint density at radius 2 is 1.67 bits per heavy atom. The molecule has 0 fully saturated rings. The van der Waals surface area contributed by atoms with E-state index in [0.717, 1.165) is 0 Å². The number of alkyl carbamates (subject to hydrolysis) is 1. The lowest BCUT2D eigenvalue weighted by molar-refractivity contribution is -0.148. The molecule has 1 rings (SSSR count). The van der Waals surface area contributed by atoms with E-state index in [1.165, 1.54) is 0 Å². The first-order valence-electron chi connectivity index (χ1n) is 8.20. The Hall–Kier alpha value is -3.10. The molecule has 27 heavy (non-hydrogen) atoms. The van der Waals surface area contributed by atoms with Gasteiger partial charge in [-0.3, -0.25) is 9.59 Å². The van der Waals surface area contributed by atoms with Gasteiger partial charge in [-0.25, -0.2) is 9.59 Å². The Morgan fingerprint density at radius 1 is 1.11 bits per heavy atom. The lowest BCUT2D eigenvalue weighted by atomic mass is 10.1. The molecule has 0 unspecified atom stereocenters. The standard InChI is InChI=1S/C18H24N2O7/c1-18(2,3)27-17(25)20-13(9-14(19)21)16(24)26-10-12-6-4-11(5-7-12)8-15(22)23/h4-7,13H,8-10H2,1-3H3,(H2,19,21)(H,20,25)(H,22,23)/t13-/m0/s1. The Kier molecular flexibility index (Phi) is 7.77. The van der Waals surface area contributed by atoms with Crippen LogP contribution in [0.5, 0.6) is 0 Å². The Morgan fingerprint density at radius 3 is 2.15 bits per heavy atom. The second-order valence-electron chi connectivity index (χ2n) is 6.86. The van der Waals surface area contributed by atoms with Crippen LogP contribution in [0.15, 0.2) is 24.3 Å². The van der Waals surface area contributed by atoms with Crippen molar-refractivity contribution in [3.05, 3.63) is 35.4 Å². The monoisotopic (exact) mass is 380 g/mol. The number of carbonyl (C=O) groups is 4. The topological polar surface area (TPSA) is 145 Å². The van der Waals surface area contributed by atoms with Gasteiger partial charge in [0.1, 0.15) is 18.2 Å².